The number of aliphatic hydroxyl groups is 8. The van der Waals surface area contributed by atoms with Gasteiger partial charge in [0.2, 0.25) is 0 Å². The fourth-order valence-electron chi connectivity index (χ4n) is 8.64. The molecular weight excluding hydrogens is 917 g/mol. The van der Waals surface area contributed by atoms with Crippen molar-refractivity contribution in [2.45, 2.75) is 149 Å². The van der Waals surface area contributed by atoms with E-state index < -0.39 is 80.5 Å². The molecule has 4 fully saturated rings. The van der Waals surface area contributed by atoms with E-state index in [0.29, 0.717) is 0 Å². The Morgan fingerprint density at radius 2 is 0.440 bits per heavy atom. The summed E-state index contributed by atoms with van der Waals surface area (Å²) in [6.07, 6.45) is -5.43. The number of aliphatic hydroxyl groups excluding tert-OH is 8. The van der Waals surface area contributed by atoms with E-state index in [1.165, 1.54) is 21.2 Å². The van der Waals surface area contributed by atoms with E-state index in [2.05, 4.69) is 24.3 Å². The van der Waals surface area contributed by atoms with Crippen LogP contribution in [0.4, 0.5) is 0 Å². The first-order valence-corrected chi connectivity index (χ1v) is 23.2. The average molecular weight is 973 g/mol. The molecule has 0 radical (unpaired) electrons. The van der Waals surface area contributed by atoms with Crippen LogP contribution in [0.15, 0.2) is 48.5 Å². The Labute approximate surface area is 324 Å². The van der Waals surface area contributed by atoms with Crippen molar-refractivity contribution < 1.29 is 75.6 Å². The molecule has 4 aliphatic heterocycles. The van der Waals surface area contributed by atoms with Gasteiger partial charge in [0.05, 0.1) is 48.8 Å². The van der Waals surface area contributed by atoms with Crippen LogP contribution >= 0.6 is 31.7 Å². The minimum absolute atomic E-state index is 0. The first-order chi connectivity index (χ1) is 22.5. The number of benzene rings is 2. The smallest absolute Gasteiger partial charge is 1.00 e. The summed E-state index contributed by atoms with van der Waals surface area (Å²) in [6, 6.07) is 16.6. The zero-order valence-corrected chi connectivity index (χ0v) is 36.4. The van der Waals surface area contributed by atoms with Crippen molar-refractivity contribution in [1.82, 2.24) is 0 Å². The first kappa shape index (κ1) is 45.3. The number of hydrogen-bond donors (Lipinski definition) is 8. The molecule has 0 amide bonds. The fourth-order valence-corrected chi connectivity index (χ4v) is 22.9. The third-order valence-corrected chi connectivity index (χ3v) is 25.3. The van der Waals surface area contributed by atoms with E-state index in [9.17, 15) is 40.9 Å². The van der Waals surface area contributed by atoms with Crippen LogP contribution in [0.3, 0.4) is 0 Å². The van der Waals surface area contributed by atoms with E-state index >= 15 is 0 Å². The summed E-state index contributed by atoms with van der Waals surface area (Å²) in [5.74, 6) is 0. The topological polar surface area (TPSA) is 162 Å². The van der Waals surface area contributed by atoms with Gasteiger partial charge in [-0.15, -0.1) is 0 Å². The molecule has 0 aliphatic carbocycles. The van der Waals surface area contributed by atoms with Crippen molar-refractivity contribution in [3.05, 3.63) is 48.5 Å². The Bertz CT molecular complexity index is 1160. The van der Waals surface area contributed by atoms with Crippen LogP contribution in [-0.4, -0.2) is 135 Å². The summed E-state index contributed by atoms with van der Waals surface area (Å²) in [5.41, 5.74) is 0.365. The molecule has 0 saturated carbocycles. The quantitative estimate of drug-likeness (QED) is 0.141. The summed E-state index contributed by atoms with van der Waals surface area (Å²) in [4.78, 5) is 0. The molecule has 6 rings (SSSR count). The van der Waals surface area contributed by atoms with Gasteiger partial charge in [0.15, 0.2) is 0 Å². The maximum absolute atomic E-state index is 10.3. The normalized spacial score (nSPS) is 46.9. The monoisotopic (exact) mass is 972 g/mol. The second kappa shape index (κ2) is 18.2. The minimum atomic E-state index is -0.692. The first-order valence-electron chi connectivity index (χ1n) is 17.3. The molecular formula is C36H56AuClO8P4. The Morgan fingerprint density at radius 3 is 0.560 bits per heavy atom. The van der Waals surface area contributed by atoms with Gasteiger partial charge in [-0.1, -0.05) is 136 Å². The third-order valence-electron chi connectivity index (χ3n) is 11.7. The molecule has 16 atom stereocenters. The molecule has 4 aliphatic rings. The molecule has 0 bridgehead atoms. The summed E-state index contributed by atoms with van der Waals surface area (Å²) >= 11 is 0. The molecule has 50 heavy (non-hydrogen) atoms. The van der Waals surface area contributed by atoms with Gasteiger partial charge in [-0.3, -0.25) is 0 Å². The molecule has 0 aromatic heterocycles. The van der Waals surface area contributed by atoms with Crippen LogP contribution in [0.5, 0.6) is 0 Å². The fraction of sp³-hybridized carbons (Fsp3) is 0.667. The third kappa shape index (κ3) is 7.93. The van der Waals surface area contributed by atoms with Gasteiger partial charge in [0, 0.05) is 45.3 Å². The molecule has 4 heterocycles. The number of hydrogen-bond acceptors (Lipinski definition) is 8. The van der Waals surface area contributed by atoms with Gasteiger partial charge in [-0.25, -0.2) is 0 Å². The molecule has 2 aromatic rings. The van der Waals surface area contributed by atoms with E-state index in [1.54, 1.807) is 0 Å². The predicted octanol–water partition coefficient (Wildman–Crippen LogP) is -1.15. The molecule has 14 heteroatoms. The second-order valence-corrected chi connectivity index (χ2v) is 26.2. The zero-order chi connectivity index (χ0) is 35.5. The van der Waals surface area contributed by atoms with Crippen molar-refractivity contribution in [3.63, 3.8) is 0 Å². The molecule has 0 spiro atoms. The van der Waals surface area contributed by atoms with E-state index in [1.807, 2.05) is 79.7 Å². The minimum Gasteiger partial charge on any atom is -1.00 e. The SMILES string of the molecule is CC1C(O)C(O)C(C)P1c1ccccc1P1C(C)C(O)C(O)C1C.CC1C(O)C(O)C(C)P1c1ccccc1P1C(C)C(O)C(O)C1C.[Au+].[Cl-]. The molecule has 16 unspecified atom stereocenters. The van der Waals surface area contributed by atoms with Crippen molar-refractivity contribution in [2.24, 2.45) is 0 Å². The molecule has 8 nitrogen and oxygen atoms in total. The predicted molar refractivity (Wildman–Crippen MR) is 203 cm³/mol. The van der Waals surface area contributed by atoms with Gasteiger partial charge in [-0.2, -0.15) is 0 Å². The number of rotatable bonds is 4. The zero-order valence-electron chi connectivity index (χ0n) is 29.9. The van der Waals surface area contributed by atoms with Crippen LogP contribution in [0.2, 0.25) is 0 Å². The van der Waals surface area contributed by atoms with E-state index in [-0.39, 0.29) is 80.1 Å². The summed E-state index contributed by atoms with van der Waals surface area (Å²) < 4.78 is 0. The van der Waals surface area contributed by atoms with Crippen LogP contribution in [0.25, 0.3) is 0 Å². The Morgan fingerprint density at radius 1 is 0.320 bits per heavy atom. The maximum atomic E-state index is 10.3. The number of halogens is 1. The van der Waals surface area contributed by atoms with Gasteiger partial charge >= 0.3 is 22.4 Å². The molecule has 4 saturated heterocycles. The Balaban J connectivity index is 0.000000260. The molecule has 286 valence electrons. The van der Waals surface area contributed by atoms with Crippen LogP contribution in [-0.2, 0) is 22.4 Å². The molecule has 8 N–H and O–H groups in total. The Hall–Kier alpha value is 0.870. The standard InChI is InChI=1S/2C18H28O4P2.Au.ClH/c2*1-9-15(19)16(20)10(2)23(9)13-7-5-6-8-14(13)24-11(3)17(21)18(22)12(24)4;;/h2*5-12,15-22H,1-4H3;;1H/q;;+1;/p-1. The van der Waals surface area contributed by atoms with Crippen LogP contribution in [0.1, 0.15) is 55.4 Å². The van der Waals surface area contributed by atoms with Gasteiger partial charge in [-0.05, 0) is 21.2 Å². The van der Waals surface area contributed by atoms with Crippen LogP contribution in [0, 0.1) is 0 Å². The van der Waals surface area contributed by atoms with Gasteiger partial charge < -0.3 is 53.3 Å². The van der Waals surface area contributed by atoms with Crippen molar-refractivity contribution in [1.29, 1.82) is 0 Å². The van der Waals surface area contributed by atoms with Crippen molar-refractivity contribution in [3.8, 4) is 0 Å². The van der Waals surface area contributed by atoms with Gasteiger partial charge in [0.1, 0.15) is 0 Å². The van der Waals surface area contributed by atoms with Crippen molar-refractivity contribution in [2.75, 3.05) is 0 Å². The molecule has 2 aromatic carbocycles. The van der Waals surface area contributed by atoms with Crippen LogP contribution < -0.4 is 33.6 Å². The summed E-state index contributed by atoms with van der Waals surface area (Å²) in [6.45, 7) is 16.2. The Kier molecular flexibility index (Phi) is 16.5. The maximum Gasteiger partial charge on any atom is 1.00 e. The largest absolute Gasteiger partial charge is 1.00 e. The van der Waals surface area contributed by atoms with Crippen molar-refractivity contribution >= 4 is 52.9 Å². The average Bonchev–Trinajstić information content (AvgIpc) is 3.57. The summed E-state index contributed by atoms with van der Waals surface area (Å²) in [5, 5.41) is 87.4. The summed E-state index contributed by atoms with van der Waals surface area (Å²) in [7, 11) is -2.77. The van der Waals surface area contributed by atoms with Gasteiger partial charge in [0.25, 0.3) is 0 Å². The second-order valence-electron chi connectivity index (χ2n) is 14.5. The van der Waals surface area contributed by atoms with E-state index in [4.69, 9.17) is 0 Å². The van der Waals surface area contributed by atoms with E-state index in [0.717, 1.165) is 0 Å².